The summed E-state index contributed by atoms with van der Waals surface area (Å²) in [5, 5.41) is 3.09. The fourth-order valence-electron chi connectivity index (χ4n) is 1.89. The molecule has 0 aliphatic carbocycles. The van der Waals surface area contributed by atoms with E-state index < -0.39 is 15.9 Å². The second-order valence-electron chi connectivity index (χ2n) is 5.34. The molecule has 26 heavy (non-hydrogen) atoms. The number of amides is 1. The lowest BCUT2D eigenvalue weighted by Gasteiger charge is -2.14. The molecule has 0 saturated heterocycles. The minimum atomic E-state index is -3.65. The van der Waals surface area contributed by atoms with Crippen LogP contribution in [0.1, 0.15) is 0 Å². The molecule has 6 nitrogen and oxygen atoms in total. The fraction of sp³-hybridized carbons (Fsp3) is 0.188. The first-order valence-corrected chi connectivity index (χ1v) is 10.2. The Hall–Kier alpha value is -1.32. The van der Waals surface area contributed by atoms with Crippen LogP contribution in [0.5, 0.6) is 5.75 Å². The maximum absolute atomic E-state index is 12.2. The van der Waals surface area contributed by atoms with Crippen LogP contribution >= 0.6 is 39.1 Å². The van der Waals surface area contributed by atoms with Gasteiger partial charge in [0, 0.05) is 18.6 Å². The predicted octanol–water partition coefficient (Wildman–Crippen LogP) is 4.02. The summed E-state index contributed by atoms with van der Waals surface area (Å²) >= 11 is 15.3. The molecule has 140 valence electrons. The number of nitrogens with one attached hydrogen (secondary N) is 1. The van der Waals surface area contributed by atoms with Gasteiger partial charge in [-0.2, -0.15) is 0 Å². The third-order valence-electron chi connectivity index (χ3n) is 3.24. The maximum Gasteiger partial charge on any atom is 0.262 e. The number of anilines is 1. The molecule has 0 aliphatic heterocycles. The summed E-state index contributed by atoms with van der Waals surface area (Å²) in [5.74, 6) is -0.162. The first-order valence-electron chi connectivity index (χ1n) is 7.21. The molecule has 2 aromatic carbocycles. The third kappa shape index (κ3) is 5.11. The van der Waals surface area contributed by atoms with Crippen molar-refractivity contribution in [3.05, 3.63) is 50.9 Å². The zero-order chi connectivity index (χ0) is 19.5. The zero-order valence-corrected chi connectivity index (χ0v) is 17.7. The molecule has 0 aliphatic rings. The summed E-state index contributed by atoms with van der Waals surface area (Å²) in [5.41, 5.74) is 0.171. The van der Waals surface area contributed by atoms with Gasteiger partial charge < -0.3 is 10.1 Å². The molecule has 0 fully saturated rings. The van der Waals surface area contributed by atoms with Crippen LogP contribution in [0.4, 0.5) is 5.69 Å². The highest BCUT2D eigenvalue weighted by Gasteiger charge is 2.19. The molecule has 0 radical (unpaired) electrons. The summed E-state index contributed by atoms with van der Waals surface area (Å²) in [7, 11) is -0.817. The van der Waals surface area contributed by atoms with Crippen LogP contribution in [0.2, 0.25) is 10.0 Å². The van der Waals surface area contributed by atoms with Crippen molar-refractivity contribution in [3.63, 3.8) is 0 Å². The van der Waals surface area contributed by atoms with Crippen molar-refractivity contribution in [2.24, 2.45) is 0 Å². The molecule has 0 aromatic heterocycles. The number of carbonyl (C=O) groups is 1. The van der Waals surface area contributed by atoms with Crippen LogP contribution in [0.3, 0.4) is 0 Å². The lowest BCUT2D eigenvalue weighted by molar-refractivity contribution is -0.118. The smallest absolute Gasteiger partial charge is 0.262 e. The first kappa shape index (κ1) is 21.0. The van der Waals surface area contributed by atoms with Crippen molar-refractivity contribution in [1.82, 2.24) is 4.31 Å². The fourth-order valence-corrected chi connectivity index (χ4v) is 3.71. The van der Waals surface area contributed by atoms with Gasteiger partial charge in [0.15, 0.2) is 6.61 Å². The monoisotopic (exact) mass is 480 g/mol. The van der Waals surface area contributed by atoms with E-state index in [0.29, 0.717) is 10.8 Å². The Labute approximate surface area is 170 Å². The number of carbonyl (C=O) groups excluding carboxylic acids is 1. The van der Waals surface area contributed by atoms with Crippen LogP contribution < -0.4 is 10.1 Å². The van der Waals surface area contributed by atoms with Crippen LogP contribution in [0.25, 0.3) is 0 Å². The van der Waals surface area contributed by atoms with E-state index in [1.54, 1.807) is 18.2 Å². The van der Waals surface area contributed by atoms with Crippen LogP contribution in [0.15, 0.2) is 45.8 Å². The van der Waals surface area contributed by atoms with Gasteiger partial charge in [-0.05, 0) is 36.4 Å². The number of hydrogen-bond donors (Lipinski definition) is 1. The molecule has 2 rings (SSSR count). The number of halogens is 3. The van der Waals surface area contributed by atoms with Crippen LogP contribution in [-0.4, -0.2) is 39.3 Å². The number of nitrogens with zero attached hydrogens (tertiary/aromatic N) is 1. The standard InChI is InChI=1S/C16H15BrCl2N2O4S/c1-21(2)26(23,24)11-4-5-12(18)14(8-11)20-16(22)9-25-15-6-3-10(17)7-13(15)19/h3-8H,9H2,1-2H3,(H,20,22). The summed E-state index contributed by atoms with van der Waals surface area (Å²) in [4.78, 5) is 12.1. The average molecular weight is 482 g/mol. The molecule has 1 amide bonds. The van der Waals surface area contributed by atoms with Gasteiger partial charge in [-0.3, -0.25) is 4.79 Å². The van der Waals surface area contributed by atoms with Crippen LogP contribution in [-0.2, 0) is 14.8 Å². The van der Waals surface area contributed by atoms with E-state index in [0.717, 1.165) is 8.78 Å². The van der Waals surface area contributed by atoms with E-state index in [1.807, 2.05) is 0 Å². The van der Waals surface area contributed by atoms with E-state index in [-0.39, 0.29) is 22.2 Å². The first-order chi connectivity index (χ1) is 12.1. The second-order valence-corrected chi connectivity index (χ2v) is 9.22. The molecular formula is C16H15BrCl2N2O4S. The molecule has 0 unspecified atom stereocenters. The Morgan fingerprint density at radius 1 is 1.15 bits per heavy atom. The highest BCUT2D eigenvalue weighted by Crippen LogP contribution is 2.28. The van der Waals surface area contributed by atoms with Gasteiger partial charge in [-0.25, -0.2) is 12.7 Å². The van der Waals surface area contributed by atoms with E-state index in [9.17, 15) is 13.2 Å². The van der Waals surface area contributed by atoms with Gasteiger partial charge >= 0.3 is 0 Å². The second kappa shape index (κ2) is 8.58. The van der Waals surface area contributed by atoms with Crippen molar-refractivity contribution in [2.45, 2.75) is 4.90 Å². The summed E-state index contributed by atoms with van der Waals surface area (Å²) < 4.78 is 31.6. The molecule has 0 spiro atoms. The number of rotatable bonds is 6. The number of sulfonamides is 1. The van der Waals surface area contributed by atoms with Gasteiger partial charge in [0.25, 0.3) is 5.91 Å². The van der Waals surface area contributed by atoms with Crippen molar-refractivity contribution in [1.29, 1.82) is 0 Å². The highest BCUT2D eigenvalue weighted by molar-refractivity contribution is 9.10. The van der Waals surface area contributed by atoms with Crippen molar-refractivity contribution >= 4 is 60.7 Å². The highest BCUT2D eigenvalue weighted by atomic mass is 79.9. The normalized spacial score (nSPS) is 11.5. The zero-order valence-electron chi connectivity index (χ0n) is 13.8. The minimum Gasteiger partial charge on any atom is -0.482 e. The largest absolute Gasteiger partial charge is 0.482 e. The van der Waals surface area contributed by atoms with Gasteiger partial charge in [-0.1, -0.05) is 39.1 Å². The number of benzene rings is 2. The molecule has 0 bridgehead atoms. The molecule has 0 saturated carbocycles. The van der Waals surface area contributed by atoms with E-state index in [1.165, 1.54) is 32.3 Å². The van der Waals surface area contributed by atoms with Crippen molar-refractivity contribution in [3.8, 4) is 5.75 Å². The third-order valence-corrected chi connectivity index (χ3v) is 6.17. The topological polar surface area (TPSA) is 75.7 Å². The van der Waals surface area contributed by atoms with Crippen molar-refractivity contribution < 1.29 is 17.9 Å². The predicted molar refractivity (Wildman–Crippen MR) is 106 cm³/mol. The van der Waals surface area contributed by atoms with Gasteiger partial charge in [-0.15, -0.1) is 0 Å². The molecule has 0 heterocycles. The summed E-state index contributed by atoms with van der Waals surface area (Å²) in [6.45, 7) is -0.317. The lowest BCUT2D eigenvalue weighted by Crippen LogP contribution is -2.23. The molecule has 2 aromatic rings. The molecule has 0 atom stereocenters. The van der Waals surface area contributed by atoms with E-state index in [4.69, 9.17) is 27.9 Å². The number of hydrogen-bond acceptors (Lipinski definition) is 4. The Morgan fingerprint density at radius 3 is 2.46 bits per heavy atom. The SMILES string of the molecule is CN(C)S(=O)(=O)c1ccc(Cl)c(NC(=O)COc2ccc(Br)cc2Cl)c1. The van der Waals surface area contributed by atoms with E-state index >= 15 is 0 Å². The summed E-state index contributed by atoms with van der Waals surface area (Å²) in [6, 6.07) is 9.05. The Kier molecular flexibility index (Phi) is 6.92. The van der Waals surface area contributed by atoms with Gasteiger partial charge in [0.1, 0.15) is 5.75 Å². The molecule has 1 N–H and O–H groups in total. The van der Waals surface area contributed by atoms with Gasteiger partial charge in [0.05, 0.1) is 20.6 Å². The average Bonchev–Trinajstić information content (AvgIpc) is 2.55. The molecular weight excluding hydrogens is 467 g/mol. The molecule has 10 heteroatoms. The lowest BCUT2D eigenvalue weighted by atomic mass is 10.3. The maximum atomic E-state index is 12.2. The Balaban J connectivity index is 2.11. The number of ether oxygens (including phenoxy) is 1. The quantitative estimate of drug-likeness (QED) is 0.675. The van der Waals surface area contributed by atoms with Crippen LogP contribution in [0, 0.1) is 0 Å². The Morgan fingerprint density at radius 2 is 1.85 bits per heavy atom. The van der Waals surface area contributed by atoms with Gasteiger partial charge in [0.2, 0.25) is 10.0 Å². The van der Waals surface area contributed by atoms with Crippen molar-refractivity contribution in [2.75, 3.05) is 26.0 Å². The summed E-state index contributed by atoms with van der Waals surface area (Å²) in [6.07, 6.45) is 0. The van der Waals surface area contributed by atoms with E-state index in [2.05, 4.69) is 21.2 Å². The minimum absolute atomic E-state index is 0.0130. The Bertz CT molecular complexity index is 936.